The van der Waals surface area contributed by atoms with E-state index in [9.17, 15) is 19.8 Å². The summed E-state index contributed by atoms with van der Waals surface area (Å²) in [4.78, 5) is 24.8. The van der Waals surface area contributed by atoms with E-state index < -0.39 is 22.8 Å². The van der Waals surface area contributed by atoms with Crippen molar-refractivity contribution in [2.24, 2.45) is 5.41 Å². The van der Waals surface area contributed by atoms with E-state index in [4.69, 9.17) is 9.47 Å². The highest BCUT2D eigenvalue weighted by molar-refractivity contribution is 6.00. The van der Waals surface area contributed by atoms with Crippen LogP contribution >= 0.6 is 0 Å². The molecule has 1 aromatic carbocycles. The van der Waals surface area contributed by atoms with Gasteiger partial charge < -0.3 is 19.7 Å². The predicted octanol–water partition coefficient (Wildman–Crippen LogP) is 3.83. The molecule has 0 aliphatic carbocycles. The highest BCUT2D eigenvalue weighted by atomic mass is 16.7. The molecule has 0 spiro atoms. The van der Waals surface area contributed by atoms with Crippen LogP contribution in [0, 0.1) is 5.41 Å². The van der Waals surface area contributed by atoms with E-state index in [0.717, 1.165) is 24.8 Å². The van der Waals surface area contributed by atoms with Crippen LogP contribution < -0.4 is 0 Å². The minimum absolute atomic E-state index is 0.0256. The number of aliphatic carboxylic acids is 2. The standard InChI is InChI=1S/C21H30O6/c1-3-20(4-2,16-10-6-5-7-11-16)21(18(22)23,19(24)25)13-15-27-17-12-8-9-14-26-17/h5-7,10-11,17H,3-4,8-9,12-15H2,1-2H3,(H,22,23)(H,24,25). The second-order valence-corrected chi connectivity index (χ2v) is 7.09. The van der Waals surface area contributed by atoms with Crippen LogP contribution in [0.3, 0.4) is 0 Å². The number of ether oxygens (including phenoxy) is 2. The summed E-state index contributed by atoms with van der Waals surface area (Å²) in [7, 11) is 0. The quantitative estimate of drug-likeness (QED) is 0.601. The maximum absolute atomic E-state index is 12.4. The van der Waals surface area contributed by atoms with E-state index in [1.54, 1.807) is 0 Å². The molecule has 1 aliphatic rings. The van der Waals surface area contributed by atoms with Gasteiger partial charge in [-0.05, 0) is 44.1 Å². The molecule has 1 aromatic rings. The fraction of sp³-hybridized carbons (Fsp3) is 0.619. The Morgan fingerprint density at radius 2 is 1.74 bits per heavy atom. The zero-order valence-electron chi connectivity index (χ0n) is 16.1. The minimum Gasteiger partial charge on any atom is -0.480 e. The van der Waals surface area contributed by atoms with E-state index in [1.807, 2.05) is 44.2 Å². The topological polar surface area (TPSA) is 93.1 Å². The number of hydrogen-bond acceptors (Lipinski definition) is 4. The van der Waals surface area contributed by atoms with E-state index in [1.165, 1.54) is 0 Å². The van der Waals surface area contributed by atoms with Crippen LogP contribution in [0.4, 0.5) is 0 Å². The summed E-state index contributed by atoms with van der Waals surface area (Å²) >= 11 is 0. The maximum Gasteiger partial charge on any atom is 0.322 e. The van der Waals surface area contributed by atoms with Gasteiger partial charge in [-0.15, -0.1) is 0 Å². The molecule has 1 atom stereocenters. The largest absolute Gasteiger partial charge is 0.480 e. The first kappa shape index (κ1) is 21.4. The van der Waals surface area contributed by atoms with E-state index in [0.29, 0.717) is 19.4 Å². The molecule has 0 bridgehead atoms. The Hall–Kier alpha value is -1.92. The summed E-state index contributed by atoms with van der Waals surface area (Å²) < 4.78 is 11.2. The Bertz CT molecular complexity index is 603. The van der Waals surface area contributed by atoms with Crippen molar-refractivity contribution in [3.05, 3.63) is 35.9 Å². The lowest BCUT2D eigenvalue weighted by molar-refractivity contribution is -0.185. The molecule has 6 nitrogen and oxygen atoms in total. The number of carboxylic acid groups (broad SMARTS) is 2. The summed E-state index contributed by atoms with van der Waals surface area (Å²) in [5.41, 5.74) is -2.29. The van der Waals surface area contributed by atoms with E-state index in [2.05, 4.69) is 0 Å². The first-order chi connectivity index (χ1) is 12.9. The second kappa shape index (κ2) is 9.33. The van der Waals surface area contributed by atoms with E-state index >= 15 is 0 Å². The molecule has 0 aromatic heterocycles. The zero-order chi connectivity index (χ0) is 19.9. The van der Waals surface area contributed by atoms with Crippen molar-refractivity contribution in [3.8, 4) is 0 Å². The molecular formula is C21H30O6. The van der Waals surface area contributed by atoms with Crippen molar-refractivity contribution < 1.29 is 29.3 Å². The zero-order valence-corrected chi connectivity index (χ0v) is 16.1. The third-order valence-electron chi connectivity index (χ3n) is 6.00. The summed E-state index contributed by atoms with van der Waals surface area (Å²) in [5, 5.41) is 20.2. The molecule has 27 heavy (non-hydrogen) atoms. The van der Waals surface area contributed by atoms with Gasteiger partial charge in [0.1, 0.15) is 0 Å². The Kier molecular flexibility index (Phi) is 7.39. The van der Waals surface area contributed by atoms with Crippen LogP contribution in [0.25, 0.3) is 0 Å². The minimum atomic E-state index is -1.98. The number of carboxylic acids is 2. The van der Waals surface area contributed by atoms with Crippen LogP contribution in [-0.4, -0.2) is 41.7 Å². The van der Waals surface area contributed by atoms with Crippen LogP contribution in [-0.2, 0) is 24.5 Å². The third-order valence-corrected chi connectivity index (χ3v) is 6.00. The van der Waals surface area contributed by atoms with Gasteiger partial charge in [0.25, 0.3) is 0 Å². The summed E-state index contributed by atoms with van der Waals surface area (Å²) in [6, 6.07) is 9.11. The third kappa shape index (κ3) is 4.01. The molecule has 1 heterocycles. The molecule has 6 heteroatoms. The highest BCUT2D eigenvalue weighted by Gasteiger charge is 2.61. The molecule has 2 rings (SSSR count). The number of hydrogen-bond donors (Lipinski definition) is 2. The smallest absolute Gasteiger partial charge is 0.322 e. The average Bonchev–Trinajstić information content (AvgIpc) is 2.69. The lowest BCUT2D eigenvalue weighted by Crippen LogP contribution is -2.56. The number of carbonyl (C=O) groups is 2. The van der Waals surface area contributed by atoms with Gasteiger partial charge in [-0.1, -0.05) is 44.2 Å². The van der Waals surface area contributed by atoms with Crippen molar-refractivity contribution in [3.63, 3.8) is 0 Å². The lowest BCUT2D eigenvalue weighted by atomic mass is 9.55. The Morgan fingerprint density at radius 1 is 1.11 bits per heavy atom. The Morgan fingerprint density at radius 3 is 2.22 bits per heavy atom. The van der Waals surface area contributed by atoms with Crippen molar-refractivity contribution in [2.45, 2.75) is 64.1 Å². The average molecular weight is 378 g/mol. The summed E-state index contributed by atoms with van der Waals surface area (Å²) in [6.45, 7) is 4.34. The van der Waals surface area contributed by atoms with Crippen LogP contribution in [0.1, 0.15) is 57.9 Å². The van der Waals surface area contributed by atoms with Gasteiger partial charge in [-0.25, -0.2) is 0 Å². The highest BCUT2D eigenvalue weighted by Crippen LogP contribution is 2.50. The molecular weight excluding hydrogens is 348 g/mol. The molecule has 2 N–H and O–H groups in total. The molecule has 150 valence electrons. The fourth-order valence-corrected chi connectivity index (χ4v) is 4.41. The number of benzene rings is 1. The van der Waals surface area contributed by atoms with Crippen LogP contribution in [0.2, 0.25) is 0 Å². The van der Waals surface area contributed by atoms with Crippen molar-refractivity contribution in [1.29, 1.82) is 0 Å². The van der Waals surface area contributed by atoms with Crippen molar-refractivity contribution in [1.82, 2.24) is 0 Å². The Balaban J connectivity index is 2.38. The van der Waals surface area contributed by atoms with Gasteiger partial charge in [0.05, 0.1) is 6.61 Å². The summed E-state index contributed by atoms with van der Waals surface area (Å²) in [6.07, 6.45) is 3.01. The van der Waals surface area contributed by atoms with Gasteiger partial charge in [0, 0.05) is 12.0 Å². The monoisotopic (exact) mass is 378 g/mol. The van der Waals surface area contributed by atoms with Gasteiger partial charge in [-0.3, -0.25) is 9.59 Å². The molecule has 1 saturated heterocycles. The predicted molar refractivity (Wildman–Crippen MR) is 101 cm³/mol. The van der Waals surface area contributed by atoms with Crippen molar-refractivity contribution in [2.75, 3.05) is 13.2 Å². The number of rotatable bonds is 10. The molecule has 0 radical (unpaired) electrons. The van der Waals surface area contributed by atoms with Gasteiger partial charge in [0.15, 0.2) is 11.7 Å². The van der Waals surface area contributed by atoms with Crippen molar-refractivity contribution >= 4 is 11.9 Å². The van der Waals surface area contributed by atoms with Gasteiger partial charge >= 0.3 is 11.9 Å². The van der Waals surface area contributed by atoms with E-state index in [-0.39, 0.29) is 19.3 Å². The first-order valence-electron chi connectivity index (χ1n) is 9.70. The lowest BCUT2D eigenvalue weighted by Gasteiger charge is -2.45. The van der Waals surface area contributed by atoms with Crippen LogP contribution in [0.15, 0.2) is 30.3 Å². The SMILES string of the molecule is CCC(CC)(c1ccccc1)C(CCOC1CCCCO1)(C(=O)O)C(=O)O. The van der Waals surface area contributed by atoms with Gasteiger partial charge in [0.2, 0.25) is 0 Å². The van der Waals surface area contributed by atoms with Crippen LogP contribution in [0.5, 0.6) is 0 Å². The molecule has 1 aliphatic heterocycles. The Labute approximate surface area is 160 Å². The second-order valence-electron chi connectivity index (χ2n) is 7.09. The summed E-state index contributed by atoms with van der Waals surface area (Å²) in [5.74, 6) is -2.65. The van der Waals surface area contributed by atoms with Gasteiger partial charge in [-0.2, -0.15) is 0 Å². The first-order valence-corrected chi connectivity index (χ1v) is 9.70. The molecule has 0 amide bonds. The maximum atomic E-state index is 12.4. The molecule has 0 saturated carbocycles. The molecule has 1 fully saturated rings. The normalized spacial score (nSPS) is 18.2. The fourth-order valence-electron chi connectivity index (χ4n) is 4.41. The molecule has 1 unspecified atom stereocenters.